The molecule has 0 bridgehead atoms. The molecule has 0 saturated carbocycles. The maximum atomic E-state index is 11.9. The Morgan fingerprint density at radius 1 is 0.857 bits per heavy atom. The van der Waals surface area contributed by atoms with E-state index in [0.717, 1.165) is 19.3 Å². The Morgan fingerprint density at radius 3 is 1.76 bits per heavy atom. The van der Waals surface area contributed by atoms with Gasteiger partial charge in [-0.1, -0.05) is 65.2 Å². The molecule has 0 aliphatic heterocycles. The summed E-state index contributed by atoms with van der Waals surface area (Å²) in [4.78, 5) is 11.9. The molecule has 0 aromatic rings. The molecule has 2 nitrogen and oxygen atoms in total. The van der Waals surface area contributed by atoms with Crippen LogP contribution >= 0.6 is 23.2 Å². The standard InChI is InChI=1S/C17H33Cl2NO/c1-3-5-6-7-8-9-10-11-12-13-16(21)20-17(4-2,14-18)15-19/h3-15H2,1-2H3,(H,20,21). The van der Waals surface area contributed by atoms with E-state index < -0.39 is 5.54 Å². The van der Waals surface area contributed by atoms with E-state index in [0.29, 0.717) is 18.2 Å². The molecule has 0 aromatic carbocycles. The Morgan fingerprint density at radius 2 is 1.33 bits per heavy atom. The third-order valence-electron chi connectivity index (χ3n) is 4.10. The van der Waals surface area contributed by atoms with Gasteiger partial charge in [0, 0.05) is 18.2 Å². The van der Waals surface area contributed by atoms with E-state index in [4.69, 9.17) is 23.2 Å². The zero-order chi connectivity index (χ0) is 16.0. The van der Waals surface area contributed by atoms with Crippen LogP contribution in [0.2, 0.25) is 0 Å². The van der Waals surface area contributed by atoms with Gasteiger partial charge in [0.15, 0.2) is 0 Å². The molecule has 0 atom stereocenters. The highest BCUT2D eigenvalue weighted by Crippen LogP contribution is 2.16. The smallest absolute Gasteiger partial charge is 0.220 e. The van der Waals surface area contributed by atoms with E-state index in [2.05, 4.69) is 12.2 Å². The van der Waals surface area contributed by atoms with Crippen molar-refractivity contribution in [2.45, 2.75) is 90.0 Å². The predicted octanol–water partition coefficient (Wildman–Crippen LogP) is 5.65. The van der Waals surface area contributed by atoms with Crippen LogP contribution in [0.5, 0.6) is 0 Å². The molecule has 0 aliphatic carbocycles. The summed E-state index contributed by atoms with van der Waals surface area (Å²) in [5.74, 6) is 0.827. The second-order valence-corrected chi connectivity index (χ2v) is 6.56. The van der Waals surface area contributed by atoms with Crippen molar-refractivity contribution in [2.24, 2.45) is 0 Å². The number of rotatable bonds is 14. The maximum Gasteiger partial charge on any atom is 0.220 e. The number of carbonyl (C=O) groups excluding carboxylic acids is 1. The molecule has 1 N–H and O–H groups in total. The molecule has 0 saturated heterocycles. The Hall–Kier alpha value is 0.0500. The minimum Gasteiger partial charge on any atom is -0.348 e. The van der Waals surface area contributed by atoms with Gasteiger partial charge >= 0.3 is 0 Å². The van der Waals surface area contributed by atoms with Crippen molar-refractivity contribution < 1.29 is 4.79 Å². The summed E-state index contributed by atoms with van der Waals surface area (Å²) in [6, 6.07) is 0. The summed E-state index contributed by atoms with van der Waals surface area (Å²) in [6.07, 6.45) is 12.7. The zero-order valence-electron chi connectivity index (χ0n) is 13.9. The maximum absolute atomic E-state index is 11.9. The Labute approximate surface area is 141 Å². The highest BCUT2D eigenvalue weighted by atomic mass is 35.5. The van der Waals surface area contributed by atoms with Crippen molar-refractivity contribution in [3.63, 3.8) is 0 Å². The van der Waals surface area contributed by atoms with E-state index in [-0.39, 0.29) is 5.91 Å². The van der Waals surface area contributed by atoms with Crippen LogP contribution in [0.15, 0.2) is 0 Å². The fourth-order valence-electron chi connectivity index (χ4n) is 2.33. The van der Waals surface area contributed by atoms with Crippen molar-refractivity contribution in [1.82, 2.24) is 5.32 Å². The third-order valence-corrected chi connectivity index (χ3v) is 5.12. The predicted molar refractivity (Wildman–Crippen MR) is 94.4 cm³/mol. The van der Waals surface area contributed by atoms with Crippen molar-refractivity contribution in [3.8, 4) is 0 Å². The van der Waals surface area contributed by atoms with Crippen LogP contribution < -0.4 is 5.32 Å². The van der Waals surface area contributed by atoms with Crippen LogP contribution in [0.25, 0.3) is 0 Å². The molecule has 0 radical (unpaired) electrons. The average molecular weight is 338 g/mol. The Kier molecular flexibility index (Phi) is 13.7. The molecule has 0 spiro atoms. The van der Waals surface area contributed by atoms with E-state index in [1.807, 2.05) is 6.92 Å². The molecule has 0 rings (SSSR count). The normalized spacial score (nSPS) is 11.6. The second-order valence-electron chi connectivity index (χ2n) is 6.03. The molecule has 126 valence electrons. The van der Waals surface area contributed by atoms with Crippen LogP contribution in [0.3, 0.4) is 0 Å². The van der Waals surface area contributed by atoms with Crippen molar-refractivity contribution in [3.05, 3.63) is 0 Å². The van der Waals surface area contributed by atoms with E-state index in [1.54, 1.807) is 0 Å². The van der Waals surface area contributed by atoms with Gasteiger partial charge in [-0.25, -0.2) is 0 Å². The first kappa shape index (κ1) is 21.0. The number of carbonyl (C=O) groups is 1. The zero-order valence-corrected chi connectivity index (χ0v) is 15.4. The first-order valence-electron chi connectivity index (χ1n) is 8.57. The molecule has 4 heteroatoms. The molecule has 0 fully saturated rings. The summed E-state index contributed by atoms with van der Waals surface area (Å²) in [6.45, 7) is 4.25. The SMILES string of the molecule is CCCCCCCCCCCC(=O)NC(CC)(CCl)CCl. The first-order valence-corrected chi connectivity index (χ1v) is 9.64. The fourth-order valence-corrected chi connectivity index (χ4v) is 3.13. The van der Waals surface area contributed by atoms with Crippen molar-refractivity contribution >= 4 is 29.1 Å². The topological polar surface area (TPSA) is 29.1 Å². The lowest BCUT2D eigenvalue weighted by molar-refractivity contribution is -0.122. The van der Waals surface area contributed by atoms with Crippen molar-refractivity contribution in [2.75, 3.05) is 11.8 Å². The number of halogens is 2. The van der Waals surface area contributed by atoms with Crippen LogP contribution in [0.4, 0.5) is 0 Å². The quantitative estimate of drug-likeness (QED) is 0.322. The van der Waals surface area contributed by atoms with Gasteiger partial charge < -0.3 is 5.32 Å². The van der Waals surface area contributed by atoms with Gasteiger partial charge in [-0.05, 0) is 12.8 Å². The van der Waals surface area contributed by atoms with Gasteiger partial charge in [0.1, 0.15) is 0 Å². The van der Waals surface area contributed by atoms with Crippen LogP contribution in [0, 0.1) is 0 Å². The number of hydrogen-bond donors (Lipinski definition) is 1. The first-order chi connectivity index (χ1) is 10.1. The number of unbranched alkanes of at least 4 members (excludes halogenated alkanes) is 8. The lowest BCUT2D eigenvalue weighted by Gasteiger charge is -2.29. The Bertz CT molecular complexity index is 247. The molecular weight excluding hydrogens is 305 g/mol. The minimum atomic E-state index is -0.431. The fraction of sp³-hybridized carbons (Fsp3) is 0.941. The number of nitrogens with one attached hydrogen (secondary N) is 1. The van der Waals surface area contributed by atoms with Gasteiger partial charge in [-0.3, -0.25) is 4.79 Å². The van der Waals surface area contributed by atoms with Crippen LogP contribution in [-0.4, -0.2) is 23.2 Å². The van der Waals surface area contributed by atoms with Gasteiger partial charge in [0.25, 0.3) is 0 Å². The summed E-state index contributed by atoms with van der Waals surface area (Å²) in [5, 5.41) is 3.00. The molecular formula is C17H33Cl2NO. The van der Waals surface area contributed by atoms with Gasteiger partial charge in [0.2, 0.25) is 5.91 Å². The second kappa shape index (κ2) is 13.7. The Balaban J connectivity index is 3.58. The number of amides is 1. The molecule has 1 amide bonds. The molecule has 0 aliphatic rings. The van der Waals surface area contributed by atoms with Gasteiger partial charge in [0.05, 0.1) is 5.54 Å². The largest absolute Gasteiger partial charge is 0.348 e. The molecule has 0 unspecified atom stereocenters. The molecule has 21 heavy (non-hydrogen) atoms. The molecule has 0 aromatic heterocycles. The van der Waals surface area contributed by atoms with E-state index >= 15 is 0 Å². The summed E-state index contributed by atoms with van der Waals surface area (Å²) < 4.78 is 0. The minimum absolute atomic E-state index is 0.0843. The third kappa shape index (κ3) is 10.4. The van der Waals surface area contributed by atoms with Gasteiger partial charge in [-0.15, -0.1) is 23.2 Å². The highest BCUT2D eigenvalue weighted by molar-refractivity contribution is 6.22. The van der Waals surface area contributed by atoms with E-state index in [1.165, 1.54) is 44.9 Å². The van der Waals surface area contributed by atoms with E-state index in [9.17, 15) is 4.79 Å². The number of hydrogen-bond acceptors (Lipinski definition) is 1. The average Bonchev–Trinajstić information content (AvgIpc) is 2.51. The summed E-state index contributed by atoms with van der Waals surface area (Å²) in [7, 11) is 0. The highest BCUT2D eigenvalue weighted by Gasteiger charge is 2.27. The lowest BCUT2D eigenvalue weighted by Crippen LogP contribution is -2.51. The number of alkyl halides is 2. The summed E-state index contributed by atoms with van der Waals surface area (Å²) >= 11 is 11.8. The van der Waals surface area contributed by atoms with Gasteiger partial charge in [-0.2, -0.15) is 0 Å². The molecule has 0 heterocycles. The summed E-state index contributed by atoms with van der Waals surface area (Å²) in [5.41, 5.74) is -0.431. The van der Waals surface area contributed by atoms with Crippen molar-refractivity contribution in [1.29, 1.82) is 0 Å². The van der Waals surface area contributed by atoms with Crippen LogP contribution in [-0.2, 0) is 4.79 Å². The van der Waals surface area contributed by atoms with Crippen LogP contribution in [0.1, 0.15) is 84.5 Å². The lowest BCUT2D eigenvalue weighted by atomic mass is 10.0. The monoisotopic (exact) mass is 337 g/mol.